The molecule has 0 aliphatic rings. The molecule has 2 unspecified atom stereocenters. The third-order valence-corrected chi connectivity index (χ3v) is 10.1. The van der Waals surface area contributed by atoms with Crippen LogP contribution in [0.4, 0.5) is 0 Å². The Morgan fingerprint density at radius 1 is 0.442 bits per heavy atom. The van der Waals surface area contributed by atoms with Crippen molar-refractivity contribution < 1.29 is 4.57 Å². The van der Waals surface area contributed by atoms with Gasteiger partial charge in [-0.3, -0.25) is 0 Å². The molecule has 0 fully saturated rings. The van der Waals surface area contributed by atoms with Crippen LogP contribution in [0, 0.1) is 0 Å². The molecule has 1 aromatic heterocycles. The van der Waals surface area contributed by atoms with E-state index in [9.17, 15) is 0 Å². The van der Waals surface area contributed by atoms with E-state index in [0.717, 1.165) is 0 Å². The fraction of sp³-hybridized carbons (Fsp3) is 0.927. The first kappa shape index (κ1) is 40.2. The molecule has 0 aliphatic carbocycles. The maximum atomic E-state index is 3.75. The smallest absolute Gasteiger partial charge is 0.247 e. The van der Waals surface area contributed by atoms with E-state index in [1.54, 1.807) is 0 Å². The molecule has 1 N–H and O–H groups in total. The van der Waals surface area contributed by atoms with Gasteiger partial charge in [0.25, 0.3) is 5.82 Å². The van der Waals surface area contributed by atoms with E-state index in [1.807, 2.05) is 0 Å². The molecule has 0 saturated carbocycles. The van der Waals surface area contributed by atoms with Gasteiger partial charge in [-0.25, -0.2) is 9.55 Å². The van der Waals surface area contributed by atoms with E-state index >= 15 is 0 Å². The molecule has 0 bridgehead atoms. The third-order valence-electron chi connectivity index (χ3n) is 10.1. The van der Waals surface area contributed by atoms with Crippen molar-refractivity contribution in [2.45, 2.75) is 245 Å². The summed E-state index contributed by atoms with van der Waals surface area (Å²) in [6, 6.07) is 0.619. The molecule has 2 heteroatoms. The second-order valence-electron chi connectivity index (χ2n) is 14.4. The second-order valence-corrected chi connectivity index (χ2v) is 14.4. The van der Waals surface area contributed by atoms with Crippen LogP contribution in [0.2, 0.25) is 0 Å². The minimum Gasteiger partial charge on any atom is -0.247 e. The number of nitrogens with zero attached hydrogens (tertiary/aromatic N) is 1. The van der Waals surface area contributed by atoms with Crippen molar-refractivity contribution in [2.24, 2.45) is 0 Å². The van der Waals surface area contributed by atoms with Crippen molar-refractivity contribution >= 4 is 0 Å². The first-order valence-corrected chi connectivity index (χ1v) is 20.3. The lowest BCUT2D eigenvalue weighted by molar-refractivity contribution is -0.727. The molecule has 2 atom stereocenters. The Balaban J connectivity index is 2.41. The van der Waals surface area contributed by atoms with Gasteiger partial charge in [-0.15, -0.1) is 0 Å². The molecule has 254 valence electrons. The van der Waals surface area contributed by atoms with Gasteiger partial charge < -0.3 is 0 Å². The molecule has 0 amide bonds. The minimum absolute atomic E-state index is 0.619. The van der Waals surface area contributed by atoms with Gasteiger partial charge in [0.2, 0.25) is 0 Å². The number of imidazole rings is 1. The molecule has 1 heterocycles. The highest BCUT2D eigenvalue weighted by atomic mass is 15.1. The maximum absolute atomic E-state index is 3.75. The fourth-order valence-corrected chi connectivity index (χ4v) is 7.13. The molecule has 43 heavy (non-hydrogen) atoms. The van der Waals surface area contributed by atoms with Gasteiger partial charge in [-0.05, 0) is 32.6 Å². The molecule has 1 aromatic rings. The van der Waals surface area contributed by atoms with E-state index in [-0.39, 0.29) is 0 Å². The Morgan fingerprint density at radius 2 is 0.744 bits per heavy atom. The Kier molecular flexibility index (Phi) is 29.2. The van der Waals surface area contributed by atoms with Crippen molar-refractivity contribution in [3.05, 3.63) is 18.2 Å². The topological polar surface area (TPSA) is 19.7 Å². The highest BCUT2D eigenvalue weighted by Gasteiger charge is 2.25. The van der Waals surface area contributed by atoms with Crippen LogP contribution in [0.5, 0.6) is 0 Å². The molecule has 2 nitrogen and oxygen atoms in total. The van der Waals surface area contributed by atoms with Crippen LogP contribution in [-0.4, -0.2) is 4.98 Å². The van der Waals surface area contributed by atoms with Crippen molar-refractivity contribution in [1.82, 2.24) is 4.98 Å². The summed E-state index contributed by atoms with van der Waals surface area (Å²) < 4.78 is 2.64. The van der Waals surface area contributed by atoms with E-state index in [0.29, 0.717) is 12.0 Å². The predicted molar refractivity (Wildman–Crippen MR) is 193 cm³/mol. The van der Waals surface area contributed by atoms with Crippen molar-refractivity contribution in [3.63, 3.8) is 0 Å². The molecule has 1 rings (SSSR count). The Morgan fingerprint density at radius 3 is 1.09 bits per heavy atom. The molecule has 0 aromatic carbocycles. The van der Waals surface area contributed by atoms with Gasteiger partial charge in [-0.2, -0.15) is 0 Å². The summed E-state index contributed by atoms with van der Waals surface area (Å²) in [4.78, 5) is 3.75. The number of hydrogen-bond donors (Lipinski definition) is 1. The van der Waals surface area contributed by atoms with Gasteiger partial charge in [-0.1, -0.05) is 201 Å². The number of aromatic nitrogens is 2. The summed E-state index contributed by atoms with van der Waals surface area (Å²) in [5.41, 5.74) is 0. The zero-order valence-electron chi connectivity index (χ0n) is 30.4. The van der Waals surface area contributed by atoms with Crippen molar-refractivity contribution in [1.29, 1.82) is 0 Å². The van der Waals surface area contributed by atoms with Gasteiger partial charge in [0.15, 0.2) is 0 Å². The normalized spacial score (nSPS) is 13.1. The number of nitrogens with one attached hydrogen (secondary N) is 1. The molecule has 0 radical (unpaired) electrons. The van der Waals surface area contributed by atoms with Crippen LogP contribution in [0.15, 0.2) is 12.4 Å². The Hall–Kier alpha value is -0.790. The summed E-state index contributed by atoms with van der Waals surface area (Å²) in [7, 11) is 0. The van der Waals surface area contributed by atoms with Gasteiger partial charge in [0, 0.05) is 0 Å². The summed E-state index contributed by atoms with van der Waals surface area (Å²) in [5, 5.41) is 0. The lowest BCUT2D eigenvalue weighted by atomic mass is 9.92. The van der Waals surface area contributed by atoms with Gasteiger partial charge >= 0.3 is 0 Å². The van der Waals surface area contributed by atoms with Crippen molar-refractivity contribution in [3.8, 4) is 0 Å². The third kappa shape index (κ3) is 23.2. The molecular formula is C41H81N2+. The summed E-state index contributed by atoms with van der Waals surface area (Å²) in [5.74, 6) is 2.25. The number of H-pyrrole nitrogens is 1. The van der Waals surface area contributed by atoms with Crippen LogP contribution in [0.3, 0.4) is 0 Å². The molecule has 0 spiro atoms. The number of aromatic amines is 1. The van der Waals surface area contributed by atoms with Crippen LogP contribution in [-0.2, 0) is 0 Å². The molecule has 0 saturated heterocycles. The average molecular weight is 602 g/mol. The van der Waals surface area contributed by atoms with Gasteiger partial charge in [0.1, 0.15) is 12.4 Å². The second kappa shape index (κ2) is 31.2. The highest BCUT2D eigenvalue weighted by molar-refractivity contribution is 4.90. The zero-order valence-corrected chi connectivity index (χ0v) is 30.4. The fourth-order valence-electron chi connectivity index (χ4n) is 7.13. The van der Waals surface area contributed by atoms with Crippen LogP contribution in [0.25, 0.3) is 0 Å². The summed E-state index contributed by atoms with van der Waals surface area (Å²) >= 11 is 0. The summed E-state index contributed by atoms with van der Waals surface area (Å²) in [6.45, 7) is 9.42. The molecule has 0 aliphatic heterocycles. The lowest BCUT2D eigenvalue weighted by Gasteiger charge is -2.17. The predicted octanol–water partition coefficient (Wildman–Crippen LogP) is 14.5. The zero-order chi connectivity index (χ0) is 31.1. The largest absolute Gasteiger partial charge is 0.257 e. The number of hydrogen-bond acceptors (Lipinski definition) is 0. The monoisotopic (exact) mass is 602 g/mol. The van der Waals surface area contributed by atoms with E-state index in [4.69, 9.17) is 0 Å². The standard InChI is InChI=1S/C41H80N2/c1-5-8-11-14-17-20-22-23-25-28-31-34-39(4)43-38-37-42-41(43)40(35-32-29-26-19-16-13-10-7-3)36-33-30-27-24-21-18-15-12-9-6-2/h37-40H,5-36H2,1-4H3/p+1. The molecular weight excluding hydrogens is 520 g/mol. The lowest BCUT2D eigenvalue weighted by Crippen LogP contribution is -2.41. The Labute approximate surface area is 272 Å². The first-order chi connectivity index (χ1) is 21.2. The summed E-state index contributed by atoms with van der Waals surface area (Å²) in [6.07, 6.45) is 50.2. The maximum Gasteiger partial charge on any atom is 0.257 e. The van der Waals surface area contributed by atoms with Crippen LogP contribution < -0.4 is 4.57 Å². The van der Waals surface area contributed by atoms with E-state index in [2.05, 4.69) is 49.6 Å². The quantitative estimate of drug-likeness (QED) is 0.0599. The van der Waals surface area contributed by atoms with Crippen molar-refractivity contribution in [2.75, 3.05) is 0 Å². The highest BCUT2D eigenvalue weighted by Crippen LogP contribution is 2.27. The number of rotatable bonds is 34. The van der Waals surface area contributed by atoms with E-state index < -0.39 is 0 Å². The Bertz CT molecular complexity index is 664. The minimum atomic E-state index is 0.619. The van der Waals surface area contributed by atoms with Gasteiger partial charge in [0.05, 0.1) is 12.0 Å². The number of unbranched alkanes of at least 4 members (excludes halogenated alkanes) is 26. The SMILES string of the molecule is CCCCCCCCCCCCCC(C)[n+]1cc[nH]c1C(CCCCCCCCCC)CCCCCCCCCCCC. The average Bonchev–Trinajstić information content (AvgIpc) is 3.51. The first-order valence-electron chi connectivity index (χ1n) is 20.3. The van der Waals surface area contributed by atoms with Crippen LogP contribution in [0.1, 0.15) is 251 Å². The van der Waals surface area contributed by atoms with E-state index in [1.165, 1.54) is 211 Å². The van der Waals surface area contributed by atoms with Crippen LogP contribution >= 0.6 is 0 Å².